The fourth-order valence-corrected chi connectivity index (χ4v) is 1.85. The Kier molecular flexibility index (Phi) is 1.65. The summed E-state index contributed by atoms with van der Waals surface area (Å²) >= 11 is 0. The summed E-state index contributed by atoms with van der Waals surface area (Å²) in [6.07, 6.45) is 3.39. The zero-order valence-electron chi connectivity index (χ0n) is 8.76. The lowest BCUT2D eigenvalue weighted by Gasteiger charge is -2.08. The number of anilines is 1. The molecule has 1 heterocycles. The molecule has 0 saturated heterocycles. The van der Waals surface area contributed by atoms with Crippen LogP contribution in [-0.2, 0) is 0 Å². The van der Waals surface area contributed by atoms with Crippen LogP contribution in [0.3, 0.4) is 0 Å². The van der Waals surface area contributed by atoms with Gasteiger partial charge in [0, 0.05) is 19.3 Å². The van der Waals surface area contributed by atoms with Crippen LogP contribution in [0.5, 0.6) is 0 Å². The van der Waals surface area contributed by atoms with Gasteiger partial charge in [-0.3, -0.25) is 0 Å². The lowest BCUT2D eigenvalue weighted by atomic mass is 10.2. The number of nitrogens with one attached hydrogen (secondary N) is 1. The van der Waals surface area contributed by atoms with Gasteiger partial charge in [0.2, 0.25) is 5.95 Å². The topological polar surface area (TPSA) is 29.9 Å². The van der Waals surface area contributed by atoms with E-state index in [0.717, 1.165) is 11.6 Å². The molecule has 0 amide bonds. The smallest absolute Gasteiger partial charge is 0.203 e. The van der Waals surface area contributed by atoms with Crippen LogP contribution in [0.1, 0.15) is 32.0 Å². The highest BCUT2D eigenvalue weighted by molar-refractivity contribution is 5.30. The van der Waals surface area contributed by atoms with Crippen LogP contribution in [0.4, 0.5) is 5.95 Å². The van der Waals surface area contributed by atoms with Gasteiger partial charge < -0.3 is 9.88 Å². The first kappa shape index (κ1) is 8.60. The number of aryl methyl sites for hydroxylation is 1. The Balaban J connectivity index is 2.30. The SMILES string of the molecule is CNc1nc(C)cn1C1CC1(C)C. The van der Waals surface area contributed by atoms with E-state index in [-0.39, 0.29) is 0 Å². The Morgan fingerprint density at radius 2 is 2.23 bits per heavy atom. The Morgan fingerprint density at radius 3 is 2.69 bits per heavy atom. The molecular weight excluding hydrogens is 162 g/mol. The van der Waals surface area contributed by atoms with E-state index >= 15 is 0 Å². The molecule has 0 radical (unpaired) electrons. The van der Waals surface area contributed by atoms with Crippen LogP contribution in [0.15, 0.2) is 6.20 Å². The molecule has 1 atom stereocenters. The molecule has 1 aromatic heterocycles. The fraction of sp³-hybridized carbons (Fsp3) is 0.700. The monoisotopic (exact) mass is 179 g/mol. The Labute approximate surface area is 79.2 Å². The maximum atomic E-state index is 4.41. The van der Waals surface area contributed by atoms with Gasteiger partial charge in [0.15, 0.2) is 0 Å². The minimum absolute atomic E-state index is 0.457. The third kappa shape index (κ3) is 1.32. The van der Waals surface area contributed by atoms with Crippen LogP contribution in [0.25, 0.3) is 0 Å². The van der Waals surface area contributed by atoms with Gasteiger partial charge in [-0.15, -0.1) is 0 Å². The third-order valence-electron chi connectivity index (χ3n) is 2.87. The van der Waals surface area contributed by atoms with E-state index in [4.69, 9.17) is 0 Å². The van der Waals surface area contributed by atoms with Crippen LogP contribution in [0.2, 0.25) is 0 Å². The molecule has 1 N–H and O–H groups in total. The van der Waals surface area contributed by atoms with Crippen molar-refractivity contribution >= 4 is 5.95 Å². The van der Waals surface area contributed by atoms with E-state index in [9.17, 15) is 0 Å². The molecule has 1 saturated carbocycles. The summed E-state index contributed by atoms with van der Waals surface area (Å²) in [6, 6.07) is 0.635. The zero-order valence-corrected chi connectivity index (χ0v) is 8.76. The van der Waals surface area contributed by atoms with Crippen molar-refractivity contribution in [2.45, 2.75) is 33.2 Å². The van der Waals surface area contributed by atoms with Crippen molar-refractivity contribution in [1.82, 2.24) is 9.55 Å². The van der Waals surface area contributed by atoms with Gasteiger partial charge in [0.25, 0.3) is 0 Å². The van der Waals surface area contributed by atoms with Gasteiger partial charge in [-0.1, -0.05) is 13.8 Å². The third-order valence-corrected chi connectivity index (χ3v) is 2.87. The van der Waals surface area contributed by atoms with Gasteiger partial charge in [-0.25, -0.2) is 4.98 Å². The molecule has 1 fully saturated rings. The van der Waals surface area contributed by atoms with Crippen molar-refractivity contribution < 1.29 is 0 Å². The van der Waals surface area contributed by atoms with E-state index in [0.29, 0.717) is 11.5 Å². The zero-order chi connectivity index (χ0) is 9.64. The second-order valence-corrected chi connectivity index (χ2v) is 4.57. The number of aromatic nitrogens is 2. The molecule has 1 aromatic rings. The van der Waals surface area contributed by atoms with Crippen molar-refractivity contribution in [2.24, 2.45) is 5.41 Å². The first-order valence-electron chi connectivity index (χ1n) is 4.78. The molecule has 3 nitrogen and oxygen atoms in total. The second kappa shape index (κ2) is 2.50. The molecule has 0 aromatic carbocycles. The van der Waals surface area contributed by atoms with Gasteiger partial charge >= 0.3 is 0 Å². The molecule has 3 heteroatoms. The van der Waals surface area contributed by atoms with Crippen LogP contribution >= 0.6 is 0 Å². The van der Waals surface area contributed by atoms with E-state index in [1.807, 2.05) is 14.0 Å². The van der Waals surface area contributed by atoms with E-state index in [2.05, 4.69) is 34.9 Å². The fourth-order valence-electron chi connectivity index (χ4n) is 1.85. The molecular formula is C10H17N3. The quantitative estimate of drug-likeness (QED) is 0.754. The van der Waals surface area contributed by atoms with E-state index in [1.165, 1.54) is 6.42 Å². The normalized spacial score (nSPS) is 24.5. The molecule has 1 aliphatic rings. The number of imidazole rings is 1. The maximum Gasteiger partial charge on any atom is 0.203 e. The van der Waals surface area contributed by atoms with Crippen LogP contribution in [-0.4, -0.2) is 16.6 Å². The molecule has 72 valence electrons. The number of nitrogens with zero attached hydrogens (tertiary/aromatic N) is 2. The standard InChI is InChI=1S/C10H17N3/c1-7-6-13(9(11-4)12-7)8-5-10(8,2)3/h6,8H,5H2,1-4H3,(H,11,12). The largest absolute Gasteiger partial charge is 0.359 e. The average molecular weight is 179 g/mol. The van der Waals surface area contributed by atoms with Crippen molar-refractivity contribution in [2.75, 3.05) is 12.4 Å². The van der Waals surface area contributed by atoms with Crippen molar-refractivity contribution in [3.63, 3.8) is 0 Å². The van der Waals surface area contributed by atoms with E-state index < -0.39 is 0 Å². The van der Waals surface area contributed by atoms with Gasteiger partial charge in [-0.2, -0.15) is 0 Å². The minimum Gasteiger partial charge on any atom is -0.359 e. The average Bonchev–Trinajstić information content (AvgIpc) is 2.53. The highest BCUT2D eigenvalue weighted by Crippen LogP contribution is 2.56. The highest BCUT2D eigenvalue weighted by atomic mass is 15.2. The molecule has 0 aliphatic heterocycles. The highest BCUT2D eigenvalue weighted by Gasteiger charge is 2.47. The number of hydrogen-bond acceptors (Lipinski definition) is 2. The van der Waals surface area contributed by atoms with Crippen LogP contribution in [0, 0.1) is 12.3 Å². The Morgan fingerprint density at radius 1 is 1.62 bits per heavy atom. The summed E-state index contributed by atoms with van der Waals surface area (Å²) in [5.41, 5.74) is 1.55. The van der Waals surface area contributed by atoms with Gasteiger partial charge in [0.1, 0.15) is 0 Å². The van der Waals surface area contributed by atoms with Crippen LogP contribution < -0.4 is 5.32 Å². The second-order valence-electron chi connectivity index (χ2n) is 4.57. The summed E-state index contributed by atoms with van der Waals surface area (Å²) in [5, 5.41) is 3.13. The Bertz CT molecular complexity index is 325. The predicted octanol–water partition coefficient (Wildman–Crippen LogP) is 2.20. The molecule has 13 heavy (non-hydrogen) atoms. The van der Waals surface area contributed by atoms with Crippen molar-refractivity contribution in [3.8, 4) is 0 Å². The van der Waals surface area contributed by atoms with E-state index in [1.54, 1.807) is 0 Å². The van der Waals surface area contributed by atoms with Gasteiger partial charge in [0.05, 0.1) is 5.69 Å². The summed E-state index contributed by atoms with van der Waals surface area (Å²) < 4.78 is 2.26. The molecule has 0 spiro atoms. The minimum atomic E-state index is 0.457. The molecule has 1 aliphatic carbocycles. The molecule has 2 rings (SSSR count). The molecule has 0 bridgehead atoms. The summed E-state index contributed by atoms with van der Waals surface area (Å²) in [7, 11) is 1.92. The first-order valence-corrected chi connectivity index (χ1v) is 4.78. The Hall–Kier alpha value is -0.990. The lowest BCUT2D eigenvalue weighted by Crippen LogP contribution is -2.04. The summed E-state index contributed by atoms with van der Waals surface area (Å²) in [6.45, 7) is 6.63. The summed E-state index contributed by atoms with van der Waals surface area (Å²) in [5.74, 6) is 0.994. The maximum absolute atomic E-state index is 4.41. The number of rotatable bonds is 2. The van der Waals surface area contributed by atoms with Gasteiger partial charge in [-0.05, 0) is 18.8 Å². The lowest BCUT2D eigenvalue weighted by molar-refractivity contribution is 0.544. The first-order chi connectivity index (χ1) is 6.04. The summed E-state index contributed by atoms with van der Waals surface area (Å²) in [4.78, 5) is 4.41. The van der Waals surface area contributed by atoms with Crippen molar-refractivity contribution in [3.05, 3.63) is 11.9 Å². The predicted molar refractivity (Wildman–Crippen MR) is 53.9 cm³/mol. The number of hydrogen-bond donors (Lipinski definition) is 1. The van der Waals surface area contributed by atoms with Crippen molar-refractivity contribution in [1.29, 1.82) is 0 Å². The molecule has 1 unspecified atom stereocenters.